The van der Waals surface area contributed by atoms with Crippen molar-refractivity contribution in [2.75, 3.05) is 47.5 Å². The van der Waals surface area contributed by atoms with Crippen LogP contribution in [0, 0.1) is 0 Å². The number of ether oxygens (including phenoxy) is 2. The summed E-state index contributed by atoms with van der Waals surface area (Å²) in [6.07, 6.45) is 124. The third-order valence-corrected chi connectivity index (χ3v) is 19.5. The van der Waals surface area contributed by atoms with Gasteiger partial charge in [0.05, 0.1) is 27.7 Å². The van der Waals surface area contributed by atoms with E-state index in [1.165, 1.54) is 218 Å². The average Bonchev–Trinajstić information content (AvgIpc) is 0.915. The summed E-state index contributed by atoms with van der Waals surface area (Å²) in [5.74, 6) is -0.787. The van der Waals surface area contributed by atoms with Crippen LogP contribution in [0.2, 0.25) is 0 Å². The van der Waals surface area contributed by atoms with Crippen LogP contribution >= 0.6 is 7.82 Å². The zero-order valence-corrected chi connectivity index (χ0v) is 69.1. The summed E-state index contributed by atoms with van der Waals surface area (Å²) < 4.78 is 34.9. The molecule has 0 saturated carbocycles. The molecular formula is C94H163NO8P+. The number of likely N-dealkylation sites (N-methyl/N-ethyl adjacent to an activating group) is 1. The predicted octanol–water partition coefficient (Wildman–Crippen LogP) is 29.4. The summed E-state index contributed by atoms with van der Waals surface area (Å²) >= 11 is 0. The quantitative estimate of drug-likeness (QED) is 0.0211. The third kappa shape index (κ3) is 86.5. The zero-order chi connectivity index (χ0) is 75.4. The fourth-order valence-electron chi connectivity index (χ4n) is 12.1. The second-order valence-electron chi connectivity index (χ2n) is 29.8. The van der Waals surface area contributed by atoms with Gasteiger partial charge in [0, 0.05) is 12.8 Å². The number of hydrogen-bond acceptors (Lipinski definition) is 7. The lowest BCUT2D eigenvalue weighted by Gasteiger charge is -2.24. The van der Waals surface area contributed by atoms with Crippen LogP contribution in [-0.2, 0) is 32.7 Å². The van der Waals surface area contributed by atoms with Crippen LogP contribution in [0.5, 0.6) is 0 Å². The van der Waals surface area contributed by atoms with Crippen molar-refractivity contribution in [1.29, 1.82) is 0 Å². The van der Waals surface area contributed by atoms with Crippen molar-refractivity contribution in [3.05, 3.63) is 158 Å². The molecule has 2 atom stereocenters. The standard InChI is InChI=1S/C94H162NO8P/c1-6-8-10-12-14-16-18-20-22-24-26-28-30-32-34-36-38-40-42-44-46-47-49-50-52-54-56-58-60-62-64-66-68-70-72-74-76-78-80-82-84-86-93(96)100-90-92(91-102-104(98,99)101-89-88-95(3,4)5)103-94(97)87-85-83-81-79-77-75-73-71-69-67-65-63-61-59-57-55-53-51-48-45-43-41-39-37-35-33-31-29-27-25-23-21-19-17-15-13-11-9-7-2/h8-11,14-17,20-23,26-29,32-35,39,41,45,48,53,55,92H,6-7,12-13,18-19,24-25,30-31,36-38,40,42-44,46-47,49-52,54,56-91H2,1-5H3/p+1/b10-8-,11-9-,16-14-,17-15-,22-20-,23-21-,28-26-,29-27-,34-32-,35-33-,41-39-,48-45-,55-53-. The van der Waals surface area contributed by atoms with Gasteiger partial charge < -0.3 is 18.9 Å². The van der Waals surface area contributed by atoms with Crippen molar-refractivity contribution in [2.45, 2.75) is 380 Å². The van der Waals surface area contributed by atoms with Gasteiger partial charge >= 0.3 is 19.8 Å². The lowest BCUT2D eigenvalue weighted by atomic mass is 10.0. The Kier molecular flexibility index (Phi) is 79.2. The van der Waals surface area contributed by atoms with Crippen LogP contribution < -0.4 is 0 Å². The first kappa shape index (κ1) is 99.6. The molecule has 0 spiro atoms. The van der Waals surface area contributed by atoms with E-state index in [0.717, 1.165) is 122 Å². The first-order valence-electron chi connectivity index (χ1n) is 43.2. The Morgan fingerprint density at radius 2 is 0.519 bits per heavy atom. The topological polar surface area (TPSA) is 108 Å². The number of esters is 2. The molecule has 0 amide bonds. The smallest absolute Gasteiger partial charge is 0.462 e. The first-order valence-corrected chi connectivity index (χ1v) is 44.7. The fourth-order valence-corrected chi connectivity index (χ4v) is 12.8. The van der Waals surface area contributed by atoms with E-state index in [1.54, 1.807) is 0 Å². The highest BCUT2D eigenvalue weighted by atomic mass is 31.2. The van der Waals surface area contributed by atoms with Crippen LogP contribution in [0.4, 0.5) is 0 Å². The molecule has 0 bridgehead atoms. The summed E-state index contributed by atoms with van der Waals surface area (Å²) in [4.78, 5) is 36.1. The number of allylic oxidation sites excluding steroid dienone is 26. The number of carbonyl (C=O) groups excluding carboxylic acids is 2. The van der Waals surface area contributed by atoms with Crippen LogP contribution in [-0.4, -0.2) is 74.9 Å². The molecular weight excluding hydrogens is 1300 g/mol. The molecule has 0 heterocycles. The van der Waals surface area contributed by atoms with Gasteiger partial charge in [-0.2, -0.15) is 0 Å². The number of rotatable bonds is 79. The normalized spacial score (nSPS) is 13.8. The second-order valence-corrected chi connectivity index (χ2v) is 31.3. The number of nitrogens with zero attached hydrogens (tertiary/aromatic N) is 1. The number of unbranched alkanes of at least 4 members (excludes halogenated alkanes) is 39. The van der Waals surface area contributed by atoms with E-state index in [-0.39, 0.29) is 32.0 Å². The SMILES string of the molecule is CC/C=C\C/C=C\C/C=C\C/C=C\C/C=C\C/C=C\C/C=C\C/C=C\CCCCCCCCCCCCCCCCC(=O)OC(COC(=O)CCCCCCCCCCCCCCCCCCCCCCCCCCC/C=C\C/C=C\C/C=C\C/C=C\C/C=C\CC)COP(=O)(O)OCC[N+](C)(C)C. The first-order chi connectivity index (χ1) is 51.0. The van der Waals surface area contributed by atoms with Crippen LogP contribution in [0.25, 0.3) is 0 Å². The number of carbonyl (C=O) groups is 2. The maximum absolute atomic E-state index is 12.9. The van der Waals surface area contributed by atoms with E-state index in [0.29, 0.717) is 17.4 Å². The molecule has 0 saturated heterocycles. The highest BCUT2D eigenvalue weighted by Gasteiger charge is 2.27. The van der Waals surface area contributed by atoms with Gasteiger partial charge in [-0.1, -0.05) is 397 Å². The molecule has 0 fully saturated rings. The molecule has 9 nitrogen and oxygen atoms in total. The van der Waals surface area contributed by atoms with Gasteiger partial charge in [-0.15, -0.1) is 0 Å². The maximum Gasteiger partial charge on any atom is 0.472 e. The molecule has 0 rings (SSSR count). The van der Waals surface area contributed by atoms with Crippen LogP contribution in [0.1, 0.15) is 373 Å². The molecule has 10 heteroatoms. The van der Waals surface area contributed by atoms with E-state index in [9.17, 15) is 19.0 Å². The summed E-state index contributed by atoms with van der Waals surface area (Å²) in [5, 5.41) is 0. The van der Waals surface area contributed by atoms with Gasteiger partial charge in [0.25, 0.3) is 0 Å². The van der Waals surface area contributed by atoms with E-state index in [1.807, 2.05) is 21.1 Å². The third-order valence-electron chi connectivity index (χ3n) is 18.6. The molecule has 0 aliphatic carbocycles. The molecule has 0 aromatic heterocycles. The zero-order valence-electron chi connectivity index (χ0n) is 68.2. The summed E-state index contributed by atoms with van der Waals surface area (Å²) in [7, 11) is 1.48. The van der Waals surface area contributed by atoms with Crippen molar-refractivity contribution in [3.63, 3.8) is 0 Å². The number of phosphoric acid groups is 1. The van der Waals surface area contributed by atoms with Gasteiger partial charge in [-0.3, -0.25) is 18.6 Å². The molecule has 0 aromatic carbocycles. The Bertz CT molecular complexity index is 2320. The lowest BCUT2D eigenvalue weighted by Crippen LogP contribution is -2.37. The summed E-state index contributed by atoms with van der Waals surface area (Å²) in [6.45, 7) is 4.24. The Hall–Kier alpha value is -4.37. The summed E-state index contributed by atoms with van der Waals surface area (Å²) in [6, 6.07) is 0. The highest BCUT2D eigenvalue weighted by Crippen LogP contribution is 2.43. The highest BCUT2D eigenvalue weighted by molar-refractivity contribution is 7.47. The van der Waals surface area contributed by atoms with E-state index in [4.69, 9.17) is 18.5 Å². The molecule has 2 unspecified atom stereocenters. The molecule has 1 N–H and O–H groups in total. The van der Waals surface area contributed by atoms with Crippen molar-refractivity contribution in [1.82, 2.24) is 0 Å². The Balaban J connectivity index is 3.93. The minimum atomic E-state index is -4.40. The molecule has 0 aromatic rings. The molecule has 0 radical (unpaired) electrons. The van der Waals surface area contributed by atoms with Crippen LogP contribution in [0.3, 0.4) is 0 Å². The van der Waals surface area contributed by atoms with Crippen molar-refractivity contribution in [3.8, 4) is 0 Å². The van der Waals surface area contributed by atoms with Gasteiger partial charge in [-0.05, 0) is 122 Å². The van der Waals surface area contributed by atoms with Crippen molar-refractivity contribution >= 4 is 19.8 Å². The van der Waals surface area contributed by atoms with Crippen molar-refractivity contribution in [2.24, 2.45) is 0 Å². The number of hydrogen-bond donors (Lipinski definition) is 1. The predicted molar refractivity (Wildman–Crippen MR) is 454 cm³/mol. The van der Waals surface area contributed by atoms with Gasteiger partial charge in [0.2, 0.25) is 0 Å². The van der Waals surface area contributed by atoms with Gasteiger partial charge in [0.1, 0.15) is 19.8 Å². The molecule has 104 heavy (non-hydrogen) atoms. The Labute approximate surface area is 643 Å². The number of phosphoric ester groups is 1. The van der Waals surface area contributed by atoms with Gasteiger partial charge in [-0.25, -0.2) is 4.57 Å². The van der Waals surface area contributed by atoms with E-state index in [2.05, 4.69) is 172 Å². The van der Waals surface area contributed by atoms with E-state index >= 15 is 0 Å². The second kappa shape index (κ2) is 82.7. The van der Waals surface area contributed by atoms with Crippen molar-refractivity contribution < 1.29 is 42.1 Å². The van der Waals surface area contributed by atoms with Gasteiger partial charge in [0.15, 0.2) is 6.10 Å². The largest absolute Gasteiger partial charge is 0.472 e. The molecule has 0 aliphatic rings. The monoisotopic (exact) mass is 1470 g/mol. The van der Waals surface area contributed by atoms with E-state index < -0.39 is 26.5 Å². The average molecular weight is 1470 g/mol. The number of quaternary nitrogens is 1. The van der Waals surface area contributed by atoms with Crippen LogP contribution in [0.15, 0.2) is 158 Å². The minimum absolute atomic E-state index is 0.0284. The Morgan fingerprint density at radius 1 is 0.298 bits per heavy atom. The molecule has 0 aliphatic heterocycles. The lowest BCUT2D eigenvalue weighted by molar-refractivity contribution is -0.870. The fraction of sp³-hybridized carbons (Fsp3) is 0.702. The Morgan fingerprint density at radius 3 is 0.769 bits per heavy atom. The molecule has 596 valence electrons. The summed E-state index contributed by atoms with van der Waals surface area (Å²) in [5.41, 5.74) is 0. The maximum atomic E-state index is 12.9. The minimum Gasteiger partial charge on any atom is -0.462 e.